The third-order valence-electron chi connectivity index (χ3n) is 7.65. The first kappa shape index (κ1) is 21.5. The molecule has 7 nitrogen and oxygen atoms in total. The van der Waals surface area contributed by atoms with E-state index in [9.17, 15) is 19.5 Å². The highest BCUT2D eigenvalue weighted by Gasteiger charge is 2.55. The molecule has 1 aliphatic heterocycles. The number of benzene rings is 2. The van der Waals surface area contributed by atoms with E-state index < -0.39 is 23.1 Å². The molecule has 2 aromatic rings. The van der Waals surface area contributed by atoms with Crippen LogP contribution >= 0.6 is 0 Å². The average Bonchev–Trinajstić information content (AvgIpc) is 3.33. The van der Waals surface area contributed by atoms with Crippen LogP contribution in [0.15, 0.2) is 48.5 Å². The van der Waals surface area contributed by atoms with Crippen molar-refractivity contribution < 1.29 is 24.2 Å². The lowest BCUT2D eigenvalue weighted by atomic mass is 9.75. The number of ether oxygens (including phenoxy) is 1. The van der Waals surface area contributed by atoms with Crippen LogP contribution in [0, 0.1) is 0 Å². The highest BCUT2D eigenvalue weighted by molar-refractivity contribution is 5.95. The Morgan fingerprint density at radius 1 is 1.00 bits per heavy atom. The Morgan fingerprint density at radius 3 is 2.15 bits per heavy atom. The number of amides is 2. The number of carbonyl (C=O) groups is 3. The Balaban J connectivity index is 1.29. The van der Waals surface area contributed by atoms with Crippen molar-refractivity contribution >= 4 is 18.0 Å². The highest BCUT2D eigenvalue weighted by atomic mass is 16.5. The first-order valence-corrected chi connectivity index (χ1v) is 11.5. The lowest BCUT2D eigenvalue weighted by molar-refractivity contribution is -0.159. The molecule has 3 aliphatic rings. The molecule has 2 fully saturated rings. The minimum atomic E-state index is -1.23. The molecule has 2 aliphatic carbocycles. The smallest absolute Gasteiger partial charge is 0.408 e. The molecule has 1 heterocycles. The molecule has 2 N–H and O–H groups in total. The van der Waals surface area contributed by atoms with Gasteiger partial charge >= 0.3 is 12.1 Å². The Morgan fingerprint density at radius 2 is 1.61 bits per heavy atom. The molecule has 0 radical (unpaired) electrons. The van der Waals surface area contributed by atoms with Gasteiger partial charge in [0.1, 0.15) is 17.7 Å². The number of hydrogen-bond acceptors (Lipinski definition) is 4. The number of likely N-dealkylation sites (tertiary alicyclic amines) is 1. The van der Waals surface area contributed by atoms with Gasteiger partial charge in [-0.25, -0.2) is 9.59 Å². The summed E-state index contributed by atoms with van der Waals surface area (Å²) in [6.07, 6.45) is 2.18. The molecule has 2 amide bonds. The van der Waals surface area contributed by atoms with Crippen molar-refractivity contribution in [1.82, 2.24) is 10.2 Å². The fraction of sp³-hybridized carbons (Fsp3) is 0.423. The van der Waals surface area contributed by atoms with Crippen molar-refractivity contribution in [3.05, 3.63) is 59.7 Å². The van der Waals surface area contributed by atoms with Crippen LogP contribution in [-0.2, 0) is 14.3 Å². The molecule has 2 aromatic carbocycles. The largest absolute Gasteiger partial charge is 0.480 e. The molecule has 0 unspecified atom stereocenters. The maximum atomic E-state index is 13.4. The van der Waals surface area contributed by atoms with E-state index in [0.717, 1.165) is 28.7 Å². The van der Waals surface area contributed by atoms with Crippen molar-refractivity contribution in [1.29, 1.82) is 0 Å². The molecule has 1 saturated carbocycles. The van der Waals surface area contributed by atoms with Crippen molar-refractivity contribution in [2.75, 3.05) is 13.2 Å². The highest BCUT2D eigenvalue weighted by Crippen LogP contribution is 2.44. The number of carboxylic acids is 1. The lowest BCUT2D eigenvalue weighted by Crippen LogP contribution is -2.66. The van der Waals surface area contributed by atoms with Crippen LogP contribution in [0.2, 0.25) is 0 Å². The molecule has 0 spiro atoms. The Hall–Kier alpha value is -3.35. The third-order valence-corrected chi connectivity index (χ3v) is 7.65. The SMILES string of the molecule is C[C@@]1(C(=O)O)CCCN1C(=O)C1(NC(=O)OCC2c3ccccc3-c3ccccc32)CCC1. The summed E-state index contributed by atoms with van der Waals surface area (Å²) in [7, 11) is 0. The minimum absolute atomic E-state index is 0.0647. The molecule has 7 heteroatoms. The van der Waals surface area contributed by atoms with Crippen molar-refractivity contribution in [3.63, 3.8) is 0 Å². The van der Waals surface area contributed by atoms with Gasteiger partial charge in [0, 0.05) is 12.5 Å². The number of carbonyl (C=O) groups excluding carboxylic acids is 2. The van der Waals surface area contributed by atoms with E-state index in [4.69, 9.17) is 4.74 Å². The van der Waals surface area contributed by atoms with Crippen molar-refractivity contribution in [3.8, 4) is 11.1 Å². The van der Waals surface area contributed by atoms with Gasteiger partial charge in [0.05, 0.1) is 0 Å². The molecule has 0 aromatic heterocycles. The summed E-state index contributed by atoms with van der Waals surface area (Å²) in [5.74, 6) is -1.39. The summed E-state index contributed by atoms with van der Waals surface area (Å²) in [5.41, 5.74) is 2.22. The fourth-order valence-electron chi connectivity index (χ4n) is 5.52. The van der Waals surface area contributed by atoms with E-state index in [1.54, 1.807) is 6.92 Å². The number of nitrogens with zero attached hydrogens (tertiary/aromatic N) is 1. The van der Waals surface area contributed by atoms with Gasteiger partial charge in [-0.15, -0.1) is 0 Å². The van der Waals surface area contributed by atoms with Gasteiger partial charge < -0.3 is 20.1 Å². The van der Waals surface area contributed by atoms with Crippen LogP contribution in [0.5, 0.6) is 0 Å². The summed E-state index contributed by atoms with van der Waals surface area (Å²) in [4.78, 5) is 39.5. The van der Waals surface area contributed by atoms with Gasteiger partial charge in [-0.05, 0) is 61.3 Å². The second-order valence-electron chi connectivity index (χ2n) is 9.53. The Bertz CT molecular complexity index is 1080. The van der Waals surface area contributed by atoms with E-state index >= 15 is 0 Å². The number of rotatable bonds is 5. The van der Waals surface area contributed by atoms with E-state index in [1.807, 2.05) is 24.3 Å². The summed E-state index contributed by atoms with van der Waals surface area (Å²) < 4.78 is 5.65. The second-order valence-corrected chi connectivity index (χ2v) is 9.53. The molecule has 1 saturated heterocycles. The Labute approximate surface area is 192 Å². The maximum Gasteiger partial charge on any atom is 0.408 e. The van der Waals surface area contributed by atoms with Gasteiger partial charge in [-0.1, -0.05) is 48.5 Å². The molecular formula is C26H28N2O5. The summed E-state index contributed by atoms with van der Waals surface area (Å²) in [6.45, 7) is 2.14. The predicted octanol–water partition coefficient (Wildman–Crippen LogP) is 3.91. The first-order valence-electron chi connectivity index (χ1n) is 11.5. The number of hydrogen-bond donors (Lipinski definition) is 2. The summed E-state index contributed by atoms with van der Waals surface area (Å²) in [6, 6.07) is 16.2. The summed E-state index contributed by atoms with van der Waals surface area (Å²) in [5, 5.41) is 12.5. The van der Waals surface area contributed by atoms with Crippen molar-refractivity contribution in [2.24, 2.45) is 0 Å². The van der Waals surface area contributed by atoms with E-state index in [2.05, 4.69) is 29.6 Å². The fourth-order valence-corrected chi connectivity index (χ4v) is 5.52. The van der Waals surface area contributed by atoms with E-state index in [1.165, 1.54) is 4.90 Å². The predicted molar refractivity (Wildman–Crippen MR) is 122 cm³/mol. The van der Waals surface area contributed by atoms with Crippen LogP contribution in [0.3, 0.4) is 0 Å². The zero-order chi connectivity index (χ0) is 23.2. The zero-order valence-corrected chi connectivity index (χ0v) is 18.7. The number of fused-ring (bicyclic) bond motifs is 3. The van der Waals surface area contributed by atoms with Crippen LogP contribution in [-0.4, -0.2) is 52.2 Å². The maximum absolute atomic E-state index is 13.4. The standard InChI is InChI=1S/C26H28N2O5/c1-25(23(30)31)12-7-15-28(25)22(29)26(13-6-14-26)27-24(32)33-16-21-19-10-4-2-8-17(19)18-9-3-5-11-20(18)21/h2-5,8-11,21H,6-7,12-16H2,1H3,(H,27,32)(H,30,31)/t25-/m0/s1. The van der Waals surface area contributed by atoms with Crippen LogP contribution in [0.4, 0.5) is 4.79 Å². The van der Waals surface area contributed by atoms with Crippen LogP contribution < -0.4 is 5.32 Å². The molecular weight excluding hydrogens is 420 g/mol. The topological polar surface area (TPSA) is 95.9 Å². The monoisotopic (exact) mass is 448 g/mol. The minimum Gasteiger partial charge on any atom is -0.480 e. The van der Waals surface area contributed by atoms with Crippen molar-refractivity contribution in [2.45, 2.75) is 56.0 Å². The van der Waals surface area contributed by atoms with E-state index in [0.29, 0.717) is 32.2 Å². The molecule has 5 rings (SSSR count). The Kier molecular flexibility index (Phi) is 5.15. The van der Waals surface area contributed by atoms with Gasteiger partial charge in [0.15, 0.2) is 0 Å². The number of aliphatic carboxylic acids is 1. The van der Waals surface area contributed by atoms with Crippen LogP contribution in [0.1, 0.15) is 56.1 Å². The first-order chi connectivity index (χ1) is 15.9. The van der Waals surface area contributed by atoms with Crippen LogP contribution in [0.25, 0.3) is 11.1 Å². The van der Waals surface area contributed by atoms with E-state index in [-0.39, 0.29) is 18.4 Å². The molecule has 1 atom stereocenters. The second kappa shape index (κ2) is 7.90. The third kappa shape index (κ3) is 3.37. The quantitative estimate of drug-likeness (QED) is 0.723. The zero-order valence-electron chi connectivity index (χ0n) is 18.7. The van der Waals surface area contributed by atoms with Gasteiger partial charge in [0.25, 0.3) is 0 Å². The van der Waals surface area contributed by atoms with Gasteiger partial charge in [-0.3, -0.25) is 4.79 Å². The van der Waals surface area contributed by atoms with Gasteiger partial charge in [0.2, 0.25) is 5.91 Å². The molecule has 172 valence electrons. The number of carboxylic acid groups (broad SMARTS) is 1. The molecule has 0 bridgehead atoms. The van der Waals surface area contributed by atoms with Gasteiger partial charge in [-0.2, -0.15) is 0 Å². The average molecular weight is 449 g/mol. The molecule has 33 heavy (non-hydrogen) atoms. The normalized spacial score (nSPS) is 22.8. The number of nitrogens with one attached hydrogen (secondary N) is 1. The lowest BCUT2D eigenvalue weighted by Gasteiger charge is -2.45. The number of alkyl carbamates (subject to hydrolysis) is 1. The summed E-state index contributed by atoms with van der Waals surface area (Å²) >= 11 is 0.